The first-order valence-corrected chi connectivity index (χ1v) is 4.39. The summed E-state index contributed by atoms with van der Waals surface area (Å²) in [6.45, 7) is 0.235. The van der Waals surface area contributed by atoms with Gasteiger partial charge in [-0.05, 0) is 0 Å². The second-order valence-electron chi connectivity index (χ2n) is 2.02. The quantitative estimate of drug-likeness (QED) is 0.627. The van der Waals surface area contributed by atoms with Gasteiger partial charge >= 0.3 is 0 Å². The minimum atomic E-state index is -3.71. The summed E-state index contributed by atoms with van der Waals surface area (Å²) in [4.78, 5) is 0. The Balaban J connectivity index is 3.09. The number of nitrogens with two attached hydrogens (primary N) is 2. The van der Waals surface area contributed by atoms with Gasteiger partial charge in [0.05, 0.1) is 6.26 Å². The van der Waals surface area contributed by atoms with Gasteiger partial charge < -0.3 is 10.2 Å². The van der Waals surface area contributed by atoms with E-state index in [-0.39, 0.29) is 11.6 Å². The molecule has 0 aliphatic carbocycles. The van der Waals surface area contributed by atoms with Crippen molar-refractivity contribution in [3.8, 4) is 0 Å². The van der Waals surface area contributed by atoms with Crippen LogP contribution in [0.2, 0.25) is 0 Å². The summed E-state index contributed by atoms with van der Waals surface area (Å²) < 4.78 is 25.8. The van der Waals surface area contributed by atoms with Crippen LogP contribution < -0.4 is 10.9 Å². The molecule has 1 aromatic heterocycles. The molecule has 0 aliphatic heterocycles. The Bertz CT molecular complexity index is 340. The lowest BCUT2D eigenvalue weighted by Gasteiger charge is -1.86. The van der Waals surface area contributed by atoms with Gasteiger partial charge in [0.2, 0.25) is 5.09 Å². The first-order chi connectivity index (χ1) is 5.04. The lowest BCUT2D eigenvalue weighted by Crippen LogP contribution is -2.10. The third kappa shape index (κ3) is 1.79. The average molecular weight is 176 g/mol. The fraction of sp³-hybridized carbons (Fsp3) is 0.200. The van der Waals surface area contributed by atoms with E-state index in [2.05, 4.69) is 4.42 Å². The third-order valence-corrected chi connectivity index (χ3v) is 1.92. The highest BCUT2D eigenvalue weighted by atomic mass is 32.2. The van der Waals surface area contributed by atoms with Crippen molar-refractivity contribution < 1.29 is 12.8 Å². The summed E-state index contributed by atoms with van der Waals surface area (Å²) in [6.07, 6.45) is 1.26. The molecule has 0 fully saturated rings. The molecule has 1 rings (SSSR count). The molecule has 62 valence electrons. The van der Waals surface area contributed by atoms with Crippen LogP contribution in [0.3, 0.4) is 0 Å². The second kappa shape index (κ2) is 2.65. The van der Waals surface area contributed by atoms with E-state index in [4.69, 9.17) is 10.9 Å². The van der Waals surface area contributed by atoms with Crippen molar-refractivity contribution in [2.75, 3.05) is 0 Å². The van der Waals surface area contributed by atoms with Crippen molar-refractivity contribution in [3.63, 3.8) is 0 Å². The molecular formula is C5H8N2O3S. The Morgan fingerprint density at radius 3 is 2.45 bits per heavy atom. The average Bonchev–Trinajstić information content (AvgIpc) is 2.32. The fourth-order valence-electron chi connectivity index (χ4n) is 0.609. The van der Waals surface area contributed by atoms with Crippen molar-refractivity contribution in [2.24, 2.45) is 10.9 Å². The Morgan fingerprint density at radius 2 is 2.18 bits per heavy atom. The van der Waals surface area contributed by atoms with Gasteiger partial charge in [-0.15, -0.1) is 0 Å². The van der Waals surface area contributed by atoms with Crippen LogP contribution in [0.15, 0.2) is 21.8 Å². The molecule has 0 unspecified atom stereocenters. The highest BCUT2D eigenvalue weighted by Crippen LogP contribution is 2.10. The van der Waals surface area contributed by atoms with Gasteiger partial charge in [-0.3, -0.25) is 0 Å². The third-order valence-electron chi connectivity index (χ3n) is 1.15. The van der Waals surface area contributed by atoms with Crippen molar-refractivity contribution in [2.45, 2.75) is 11.6 Å². The molecule has 5 nitrogen and oxygen atoms in total. The molecule has 0 bridgehead atoms. The summed E-state index contributed by atoms with van der Waals surface area (Å²) in [5.41, 5.74) is 5.82. The summed E-state index contributed by atoms with van der Waals surface area (Å²) in [5, 5.41) is 4.51. The minimum absolute atomic E-state index is 0.235. The smallest absolute Gasteiger partial charge is 0.271 e. The maximum Gasteiger partial charge on any atom is 0.271 e. The molecular weight excluding hydrogens is 168 g/mol. The van der Waals surface area contributed by atoms with Crippen molar-refractivity contribution in [1.82, 2.24) is 0 Å². The van der Waals surface area contributed by atoms with Crippen LogP contribution in [0.4, 0.5) is 0 Å². The molecule has 1 heterocycles. The van der Waals surface area contributed by atoms with Crippen LogP contribution >= 0.6 is 0 Å². The molecule has 0 aliphatic rings. The van der Waals surface area contributed by atoms with Crippen LogP contribution in [-0.2, 0) is 16.6 Å². The topological polar surface area (TPSA) is 99.3 Å². The Morgan fingerprint density at radius 1 is 1.55 bits per heavy atom. The molecule has 0 radical (unpaired) electrons. The van der Waals surface area contributed by atoms with Crippen LogP contribution in [-0.4, -0.2) is 8.42 Å². The molecule has 0 saturated heterocycles. The molecule has 0 atom stereocenters. The highest BCUT2D eigenvalue weighted by Gasteiger charge is 2.11. The largest absolute Gasteiger partial charge is 0.451 e. The SMILES string of the molecule is NCc1coc(S(N)(=O)=O)c1. The molecule has 0 aromatic carbocycles. The zero-order valence-electron chi connectivity index (χ0n) is 5.65. The zero-order chi connectivity index (χ0) is 8.48. The highest BCUT2D eigenvalue weighted by molar-refractivity contribution is 7.89. The number of hydrogen-bond acceptors (Lipinski definition) is 4. The normalized spacial score (nSPS) is 11.8. The van der Waals surface area contributed by atoms with E-state index in [1.807, 2.05) is 0 Å². The van der Waals surface area contributed by atoms with Crippen LogP contribution in [0.5, 0.6) is 0 Å². The maximum absolute atomic E-state index is 10.6. The Hall–Kier alpha value is -0.850. The van der Waals surface area contributed by atoms with E-state index in [1.54, 1.807) is 0 Å². The van der Waals surface area contributed by atoms with E-state index in [0.29, 0.717) is 5.56 Å². The van der Waals surface area contributed by atoms with E-state index < -0.39 is 10.0 Å². The Labute approximate surface area is 64.0 Å². The summed E-state index contributed by atoms with van der Waals surface area (Å²) >= 11 is 0. The van der Waals surface area contributed by atoms with Crippen LogP contribution in [0, 0.1) is 0 Å². The van der Waals surface area contributed by atoms with Gasteiger partial charge in [0, 0.05) is 18.2 Å². The molecule has 11 heavy (non-hydrogen) atoms. The first-order valence-electron chi connectivity index (χ1n) is 2.84. The molecule has 4 N–H and O–H groups in total. The van der Waals surface area contributed by atoms with Gasteiger partial charge in [0.25, 0.3) is 10.0 Å². The standard InChI is InChI=1S/C5H8N2O3S/c6-2-4-1-5(10-3-4)11(7,8)9/h1,3H,2,6H2,(H2,7,8,9). The van der Waals surface area contributed by atoms with E-state index in [1.165, 1.54) is 12.3 Å². The predicted molar refractivity (Wildman–Crippen MR) is 38.0 cm³/mol. The van der Waals surface area contributed by atoms with E-state index in [9.17, 15) is 8.42 Å². The lowest BCUT2D eigenvalue weighted by molar-refractivity contribution is 0.449. The maximum atomic E-state index is 10.6. The Kier molecular flexibility index (Phi) is 1.99. The molecule has 0 saturated carbocycles. The van der Waals surface area contributed by atoms with Gasteiger partial charge in [-0.1, -0.05) is 0 Å². The number of furan rings is 1. The molecule has 0 spiro atoms. The van der Waals surface area contributed by atoms with Crippen molar-refractivity contribution in [1.29, 1.82) is 0 Å². The molecule has 1 aromatic rings. The predicted octanol–water partition coefficient (Wildman–Crippen LogP) is -0.614. The van der Waals surface area contributed by atoms with Gasteiger partial charge in [0.15, 0.2) is 0 Å². The fourth-order valence-corrected chi connectivity index (χ4v) is 1.11. The zero-order valence-corrected chi connectivity index (χ0v) is 6.47. The number of hydrogen-bond donors (Lipinski definition) is 2. The van der Waals surface area contributed by atoms with Crippen molar-refractivity contribution >= 4 is 10.0 Å². The van der Waals surface area contributed by atoms with Crippen LogP contribution in [0.25, 0.3) is 0 Å². The monoisotopic (exact) mass is 176 g/mol. The van der Waals surface area contributed by atoms with E-state index in [0.717, 1.165) is 0 Å². The number of rotatable bonds is 2. The molecule has 0 amide bonds. The van der Waals surface area contributed by atoms with Crippen molar-refractivity contribution in [3.05, 3.63) is 17.9 Å². The minimum Gasteiger partial charge on any atom is -0.451 e. The summed E-state index contributed by atoms with van der Waals surface area (Å²) in [7, 11) is -3.71. The summed E-state index contributed by atoms with van der Waals surface area (Å²) in [6, 6.07) is 1.30. The number of primary sulfonamides is 1. The lowest BCUT2D eigenvalue weighted by atomic mass is 10.4. The van der Waals surface area contributed by atoms with Gasteiger partial charge in [-0.2, -0.15) is 0 Å². The van der Waals surface area contributed by atoms with Gasteiger partial charge in [-0.25, -0.2) is 13.6 Å². The van der Waals surface area contributed by atoms with Gasteiger partial charge in [0.1, 0.15) is 0 Å². The van der Waals surface area contributed by atoms with E-state index >= 15 is 0 Å². The molecule has 6 heteroatoms. The first kappa shape index (κ1) is 8.25. The number of sulfonamides is 1. The second-order valence-corrected chi connectivity index (χ2v) is 3.52. The summed E-state index contributed by atoms with van der Waals surface area (Å²) in [5.74, 6) is 0. The van der Waals surface area contributed by atoms with Crippen LogP contribution in [0.1, 0.15) is 5.56 Å².